The van der Waals surface area contributed by atoms with Crippen LogP contribution in [0.1, 0.15) is 13.3 Å². The smallest absolute Gasteiger partial charge is 0.326 e. The zero-order valence-corrected chi connectivity index (χ0v) is 11.0. The number of anilines is 1. The van der Waals surface area contributed by atoms with Crippen LogP contribution in [0.25, 0.3) is 10.8 Å². The van der Waals surface area contributed by atoms with Gasteiger partial charge in [0, 0.05) is 17.8 Å². The highest BCUT2D eigenvalue weighted by Gasteiger charge is 2.17. The van der Waals surface area contributed by atoms with Crippen molar-refractivity contribution in [2.75, 3.05) is 5.32 Å². The molecule has 0 fully saturated rings. The zero-order chi connectivity index (χ0) is 14.5. The van der Waals surface area contributed by atoms with Crippen LogP contribution >= 0.6 is 0 Å². The molecule has 0 radical (unpaired) electrons. The van der Waals surface area contributed by atoms with E-state index in [2.05, 4.69) is 15.6 Å². The minimum Gasteiger partial charge on any atom is -0.480 e. The van der Waals surface area contributed by atoms with E-state index in [1.807, 2.05) is 18.2 Å². The summed E-state index contributed by atoms with van der Waals surface area (Å²) < 4.78 is 0. The quantitative estimate of drug-likeness (QED) is 0.796. The number of carbonyl (C=O) groups is 2. The highest BCUT2D eigenvalue weighted by molar-refractivity contribution is 6.01. The van der Waals surface area contributed by atoms with Gasteiger partial charge in [0.15, 0.2) is 0 Å². The van der Waals surface area contributed by atoms with Gasteiger partial charge in [0.1, 0.15) is 6.04 Å². The van der Waals surface area contributed by atoms with Crippen molar-refractivity contribution in [1.29, 1.82) is 0 Å². The summed E-state index contributed by atoms with van der Waals surface area (Å²) in [5.41, 5.74) is 0.591. The van der Waals surface area contributed by atoms with E-state index in [1.165, 1.54) is 0 Å². The molecule has 1 aromatic heterocycles. The molecule has 3 N–H and O–H groups in total. The van der Waals surface area contributed by atoms with E-state index in [0.717, 1.165) is 10.8 Å². The number of aromatic nitrogens is 1. The molecule has 0 aliphatic rings. The lowest BCUT2D eigenvalue weighted by molar-refractivity contribution is -0.139. The highest BCUT2D eigenvalue weighted by atomic mass is 16.4. The number of benzene rings is 1. The maximum atomic E-state index is 11.8. The van der Waals surface area contributed by atoms with Crippen molar-refractivity contribution in [2.45, 2.75) is 19.4 Å². The van der Waals surface area contributed by atoms with E-state index in [1.54, 1.807) is 25.4 Å². The third-order valence-electron chi connectivity index (χ3n) is 2.94. The van der Waals surface area contributed by atoms with E-state index in [-0.39, 0.29) is 0 Å². The van der Waals surface area contributed by atoms with Crippen LogP contribution in [0, 0.1) is 0 Å². The summed E-state index contributed by atoms with van der Waals surface area (Å²) in [7, 11) is 0. The lowest BCUT2D eigenvalue weighted by atomic mass is 10.1. The Labute approximate surface area is 115 Å². The number of carbonyl (C=O) groups excluding carboxylic acids is 1. The van der Waals surface area contributed by atoms with Gasteiger partial charge in [-0.3, -0.25) is 4.98 Å². The molecule has 6 nitrogen and oxygen atoms in total. The van der Waals surface area contributed by atoms with Gasteiger partial charge in [0.05, 0.1) is 5.69 Å². The normalized spacial score (nSPS) is 11.8. The van der Waals surface area contributed by atoms with Gasteiger partial charge < -0.3 is 15.7 Å². The molecular weight excluding hydrogens is 258 g/mol. The molecular formula is C14H15N3O3. The fourth-order valence-corrected chi connectivity index (χ4v) is 1.88. The molecule has 0 bridgehead atoms. The summed E-state index contributed by atoms with van der Waals surface area (Å²) in [4.78, 5) is 26.7. The monoisotopic (exact) mass is 273 g/mol. The van der Waals surface area contributed by atoms with E-state index >= 15 is 0 Å². The summed E-state index contributed by atoms with van der Waals surface area (Å²) in [6.45, 7) is 1.70. The molecule has 0 aliphatic heterocycles. The third-order valence-corrected chi connectivity index (χ3v) is 2.94. The van der Waals surface area contributed by atoms with E-state index in [9.17, 15) is 9.59 Å². The average Bonchev–Trinajstić information content (AvgIpc) is 2.45. The lowest BCUT2D eigenvalue weighted by Gasteiger charge is -2.14. The molecule has 0 spiro atoms. The number of carboxylic acid groups (broad SMARTS) is 1. The summed E-state index contributed by atoms with van der Waals surface area (Å²) in [6.07, 6.45) is 3.64. The fourth-order valence-electron chi connectivity index (χ4n) is 1.88. The molecule has 1 aromatic carbocycles. The van der Waals surface area contributed by atoms with Crippen molar-refractivity contribution in [3.63, 3.8) is 0 Å². The van der Waals surface area contributed by atoms with E-state index < -0.39 is 18.0 Å². The molecule has 0 saturated heterocycles. The van der Waals surface area contributed by atoms with E-state index in [4.69, 9.17) is 5.11 Å². The molecule has 1 atom stereocenters. The van der Waals surface area contributed by atoms with Gasteiger partial charge in [-0.1, -0.05) is 19.1 Å². The maximum absolute atomic E-state index is 11.8. The fraction of sp³-hybridized carbons (Fsp3) is 0.214. The van der Waals surface area contributed by atoms with Crippen LogP contribution in [0.15, 0.2) is 36.7 Å². The Balaban J connectivity index is 2.16. The van der Waals surface area contributed by atoms with Crippen molar-refractivity contribution in [3.8, 4) is 0 Å². The summed E-state index contributed by atoms with van der Waals surface area (Å²) in [5, 5.41) is 15.7. The van der Waals surface area contributed by atoms with Gasteiger partial charge in [0.2, 0.25) is 0 Å². The predicted octanol–water partition coefficient (Wildman–Crippen LogP) is 2.22. The number of nitrogens with one attached hydrogen (secondary N) is 2. The molecule has 104 valence electrons. The number of hydrogen-bond donors (Lipinski definition) is 3. The molecule has 2 rings (SSSR count). The van der Waals surface area contributed by atoms with Crippen molar-refractivity contribution < 1.29 is 14.7 Å². The first-order valence-electron chi connectivity index (χ1n) is 6.25. The number of rotatable bonds is 4. The van der Waals surface area contributed by atoms with Crippen LogP contribution in [0.2, 0.25) is 0 Å². The molecule has 20 heavy (non-hydrogen) atoms. The first-order chi connectivity index (χ1) is 9.61. The topological polar surface area (TPSA) is 91.3 Å². The van der Waals surface area contributed by atoms with Gasteiger partial charge in [-0.15, -0.1) is 0 Å². The first kappa shape index (κ1) is 13.8. The minimum atomic E-state index is -1.05. The predicted molar refractivity (Wildman–Crippen MR) is 75.6 cm³/mol. The standard InChI is InChI=1S/C14H15N3O3/c1-2-11(13(18)19)16-14(20)17-12-5-3-4-9-6-7-15-8-10(9)12/h3-8,11H,2H2,1H3,(H,18,19)(H2,16,17,20)/t11-/m1/s1. The number of hydrogen-bond acceptors (Lipinski definition) is 3. The number of carboxylic acids is 1. The SMILES string of the molecule is CC[C@@H](NC(=O)Nc1cccc2ccncc12)C(=O)O. The first-order valence-corrected chi connectivity index (χ1v) is 6.25. The number of amides is 2. The number of fused-ring (bicyclic) bond motifs is 1. The van der Waals surface area contributed by atoms with Crippen LogP contribution in [-0.4, -0.2) is 28.1 Å². The Morgan fingerprint density at radius 3 is 2.85 bits per heavy atom. The lowest BCUT2D eigenvalue weighted by Crippen LogP contribution is -2.42. The van der Waals surface area contributed by atoms with Gasteiger partial charge in [-0.05, 0) is 23.9 Å². The van der Waals surface area contributed by atoms with Crippen LogP contribution in [0.3, 0.4) is 0 Å². The van der Waals surface area contributed by atoms with Crippen molar-refractivity contribution in [1.82, 2.24) is 10.3 Å². The Morgan fingerprint density at radius 1 is 1.35 bits per heavy atom. The molecule has 0 unspecified atom stereocenters. The second-order valence-corrected chi connectivity index (χ2v) is 4.30. The second-order valence-electron chi connectivity index (χ2n) is 4.30. The Morgan fingerprint density at radius 2 is 2.15 bits per heavy atom. The van der Waals surface area contributed by atoms with Crippen molar-refractivity contribution in [2.24, 2.45) is 0 Å². The van der Waals surface area contributed by atoms with Crippen molar-refractivity contribution >= 4 is 28.5 Å². The number of urea groups is 1. The summed E-state index contributed by atoms with van der Waals surface area (Å²) in [6, 6.07) is 5.85. The average molecular weight is 273 g/mol. The zero-order valence-electron chi connectivity index (χ0n) is 11.0. The van der Waals surface area contributed by atoms with Crippen LogP contribution in [0.4, 0.5) is 10.5 Å². The maximum Gasteiger partial charge on any atom is 0.326 e. The Kier molecular flexibility index (Phi) is 4.14. The van der Waals surface area contributed by atoms with Crippen LogP contribution in [-0.2, 0) is 4.79 Å². The molecule has 2 aromatic rings. The minimum absolute atomic E-state index is 0.319. The van der Waals surface area contributed by atoms with Gasteiger partial charge >= 0.3 is 12.0 Å². The molecule has 2 amide bonds. The van der Waals surface area contributed by atoms with Crippen LogP contribution < -0.4 is 10.6 Å². The molecule has 6 heteroatoms. The van der Waals surface area contributed by atoms with Crippen molar-refractivity contribution in [3.05, 3.63) is 36.7 Å². The van der Waals surface area contributed by atoms with E-state index in [0.29, 0.717) is 12.1 Å². The molecule has 0 aliphatic carbocycles. The van der Waals surface area contributed by atoms with Gasteiger partial charge in [0.25, 0.3) is 0 Å². The highest BCUT2D eigenvalue weighted by Crippen LogP contribution is 2.21. The van der Waals surface area contributed by atoms with Gasteiger partial charge in [-0.25, -0.2) is 9.59 Å². The Bertz CT molecular complexity index is 637. The molecule has 1 heterocycles. The largest absolute Gasteiger partial charge is 0.480 e. The Hall–Kier alpha value is -2.63. The van der Waals surface area contributed by atoms with Gasteiger partial charge in [-0.2, -0.15) is 0 Å². The number of pyridine rings is 1. The third kappa shape index (κ3) is 3.03. The number of nitrogens with zero attached hydrogens (tertiary/aromatic N) is 1. The molecule has 0 saturated carbocycles. The summed E-state index contributed by atoms with van der Waals surface area (Å²) in [5.74, 6) is -1.05. The number of aliphatic carboxylic acids is 1. The summed E-state index contributed by atoms with van der Waals surface area (Å²) >= 11 is 0. The van der Waals surface area contributed by atoms with Crippen LogP contribution in [0.5, 0.6) is 0 Å². The second kappa shape index (κ2) is 6.01.